The van der Waals surface area contributed by atoms with Crippen molar-refractivity contribution >= 4 is 0 Å². The molecule has 1 aliphatic rings. The number of hydrogen-bond acceptors (Lipinski definition) is 2. The van der Waals surface area contributed by atoms with Crippen LogP contribution in [0.2, 0.25) is 0 Å². The normalized spacial score (nSPS) is 28.7. The molecule has 0 aromatic heterocycles. The summed E-state index contributed by atoms with van der Waals surface area (Å²) in [4.78, 5) is 1.74. The van der Waals surface area contributed by atoms with E-state index in [-0.39, 0.29) is 18.6 Å². The highest BCUT2D eigenvalue weighted by Crippen LogP contribution is 2.24. The Balaban J connectivity index is 2.31. The van der Waals surface area contributed by atoms with Crippen molar-refractivity contribution < 1.29 is 13.2 Å². The minimum Gasteiger partial charge on any atom is -0.326 e. The predicted octanol–water partition coefficient (Wildman–Crippen LogP) is 1.75. The van der Waals surface area contributed by atoms with Crippen molar-refractivity contribution in [1.82, 2.24) is 4.90 Å². The molecule has 1 fully saturated rings. The van der Waals surface area contributed by atoms with Crippen molar-refractivity contribution in [2.75, 3.05) is 13.6 Å². The first-order chi connectivity index (χ1) is 6.40. The number of nitrogens with two attached hydrogens (primary N) is 1. The van der Waals surface area contributed by atoms with Gasteiger partial charge in [0.15, 0.2) is 0 Å². The Morgan fingerprint density at radius 3 is 2.43 bits per heavy atom. The molecular formula is C9H17F3N2. The molecule has 84 valence electrons. The summed E-state index contributed by atoms with van der Waals surface area (Å²) in [5.41, 5.74) is 5.80. The van der Waals surface area contributed by atoms with Crippen molar-refractivity contribution in [3.05, 3.63) is 0 Å². The Bertz CT molecular complexity index is 181. The molecule has 0 bridgehead atoms. The van der Waals surface area contributed by atoms with Crippen molar-refractivity contribution in [1.29, 1.82) is 0 Å². The molecule has 1 saturated carbocycles. The lowest BCUT2D eigenvalue weighted by Gasteiger charge is -2.27. The summed E-state index contributed by atoms with van der Waals surface area (Å²) in [6.45, 7) is 0.0574. The molecule has 1 rings (SSSR count). The van der Waals surface area contributed by atoms with Crippen LogP contribution in [-0.4, -0.2) is 36.8 Å². The van der Waals surface area contributed by atoms with E-state index in [4.69, 9.17) is 5.73 Å². The first-order valence-electron chi connectivity index (χ1n) is 4.93. The van der Waals surface area contributed by atoms with Crippen LogP contribution in [0.4, 0.5) is 13.2 Å². The van der Waals surface area contributed by atoms with Crippen molar-refractivity contribution in [2.24, 2.45) is 5.73 Å². The van der Waals surface area contributed by atoms with Crippen LogP contribution in [-0.2, 0) is 0 Å². The zero-order valence-corrected chi connectivity index (χ0v) is 8.35. The van der Waals surface area contributed by atoms with Gasteiger partial charge in [0.05, 0.1) is 6.42 Å². The van der Waals surface area contributed by atoms with Gasteiger partial charge in [-0.2, -0.15) is 13.2 Å². The van der Waals surface area contributed by atoms with E-state index in [9.17, 15) is 13.2 Å². The van der Waals surface area contributed by atoms with Crippen molar-refractivity contribution in [2.45, 2.75) is 43.9 Å². The molecule has 0 aliphatic heterocycles. The van der Waals surface area contributed by atoms with Gasteiger partial charge in [-0.15, -0.1) is 0 Å². The van der Waals surface area contributed by atoms with E-state index < -0.39 is 12.6 Å². The van der Waals surface area contributed by atoms with Gasteiger partial charge in [-0.1, -0.05) is 6.42 Å². The second-order valence-electron chi connectivity index (χ2n) is 4.01. The third-order valence-corrected chi connectivity index (χ3v) is 2.85. The second-order valence-corrected chi connectivity index (χ2v) is 4.01. The topological polar surface area (TPSA) is 29.3 Å². The van der Waals surface area contributed by atoms with E-state index >= 15 is 0 Å². The zero-order chi connectivity index (χ0) is 10.8. The Morgan fingerprint density at radius 2 is 2.00 bits per heavy atom. The van der Waals surface area contributed by atoms with Gasteiger partial charge in [-0.05, 0) is 19.9 Å². The predicted molar refractivity (Wildman–Crippen MR) is 48.9 cm³/mol. The largest absolute Gasteiger partial charge is 0.390 e. The lowest BCUT2D eigenvalue weighted by molar-refractivity contribution is -0.138. The van der Waals surface area contributed by atoms with Gasteiger partial charge in [0.1, 0.15) is 0 Å². The average Bonchev–Trinajstić information content (AvgIpc) is 2.46. The zero-order valence-electron chi connectivity index (χ0n) is 8.35. The fourth-order valence-corrected chi connectivity index (χ4v) is 1.99. The lowest BCUT2D eigenvalue weighted by atomic mass is 10.1. The summed E-state index contributed by atoms with van der Waals surface area (Å²) in [6, 6.07) is 0.186. The molecule has 0 aromatic carbocycles. The number of halogens is 3. The molecule has 0 spiro atoms. The molecular weight excluding hydrogens is 193 g/mol. The standard InChI is InChI=1S/C9H17F3N2/c1-14(6-5-9(10,11)12)8-4-2-3-7(8)13/h7-8H,2-6,13H2,1H3. The van der Waals surface area contributed by atoms with Crippen LogP contribution in [0.25, 0.3) is 0 Å². The maximum Gasteiger partial charge on any atom is 0.390 e. The van der Waals surface area contributed by atoms with E-state index in [1.165, 1.54) is 0 Å². The number of nitrogens with zero attached hydrogens (tertiary/aromatic N) is 1. The number of alkyl halides is 3. The Morgan fingerprint density at radius 1 is 1.36 bits per heavy atom. The molecule has 0 saturated heterocycles. The van der Waals surface area contributed by atoms with Crippen LogP contribution in [0.15, 0.2) is 0 Å². The van der Waals surface area contributed by atoms with E-state index in [0.717, 1.165) is 19.3 Å². The lowest BCUT2D eigenvalue weighted by Crippen LogP contribution is -2.43. The molecule has 1 aliphatic carbocycles. The van der Waals surface area contributed by atoms with Crippen LogP contribution in [0.1, 0.15) is 25.7 Å². The summed E-state index contributed by atoms with van der Waals surface area (Å²) in [5, 5.41) is 0. The molecule has 5 heteroatoms. The third kappa shape index (κ3) is 3.46. The highest BCUT2D eigenvalue weighted by molar-refractivity contribution is 4.86. The minimum atomic E-state index is -4.06. The molecule has 14 heavy (non-hydrogen) atoms. The molecule has 0 heterocycles. The van der Waals surface area contributed by atoms with Gasteiger partial charge in [-0.3, -0.25) is 0 Å². The van der Waals surface area contributed by atoms with Gasteiger partial charge >= 0.3 is 6.18 Å². The van der Waals surface area contributed by atoms with Crippen molar-refractivity contribution in [3.63, 3.8) is 0 Å². The summed E-state index contributed by atoms with van der Waals surface area (Å²) in [6.07, 6.45) is -1.91. The summed E-state index contributed by atoms with van der Waals surface area (Å²) in [5.74, 6) is 0. The van der Waals surface area contributed by atoms with E-state index in [1.807, 2.05) is 0 Å². The average molecular weight is 210 g/mol. The van der Waals surface area contributed by atoms with E-state index in [2.05, 4.69) is 0 Å². The summed E-state index contributed by atoms with van der Waals surface area (Å²) >= 11 is 0. The van der Waals surface area contributed by atoms with E-state index in [1.54, 1.807) is 11.9 Å². The minimum absolute atomic E-state index is 0.0493. The number of hydrogen-bond donors (Lipinski definition) is 1. The highest BCUT2D eigenvalue weighted by atomic mass is 19.4. The first kappa shape index (κ1) is 11.8. The monoisotopic (exact) mass is 210 g/mol. The fraction of sp³-hybridized carbons (Fsp3) is 1.00. The fourth-order valence-electron chi connectivity index (χ4n) is 1.99. The van der Waals surface area contributed by atoms with Gasteiger partial charge in [0.25, 0.3) is 0 Å². The second kappa shape index (κ2) is 4.49. The Hall–Kier alpha value is -0.290. The SMILES string of the molecule is CN(CCC(F)(F)F)C1CCCC1N. The molecule has 0 aromatic rings. The molecule has 2 nitrogen and oxygen atoms in total. The van der Waals surface area contributed by atoms with Crippen LogP contribution < -0.4 is 5.73 Å². The maximum atomic E-state index is 11.9. The molecule has 0 amide bonds. The van der Waals surface area contributed by atoms with Crippen LogP contribution in [0, 0.1) is 0 Å². The first-order valence-corrected chi connectivity index (χ1v) is 4.93. The summed E-state index contributed by atoms with van der Waals surface area (Å²) < 4.78 is 35.8. The summed E-state index contributed by atoms with van der Waals surface area (Å²) in [7, 11) is 1.72. The highest BCUT2D eigenvalue weighted by Gasteiger charge is 2.31. The van der Waals surface area contributed by atoms with Gasteiger partial charge in [0.2, 0.25) is 0 Å². The molecule has 2 N–H and O–H groups in total. The maximum absolute atomic E-state index is 11.9. The van der Waals surface area contributed by atoms with Crippen LogP contribution in [0.5, 0.6) is 0 Å². The Labute approximate surface area is 82.2 Å². The van der Waals surface area contributed by atoms with Gasteiger partial charge in [0, 0.05) is 18.6 Å². The number of rotatable bonds is 3. The molecule has 0 radical (unpaired) electrons. The molecule has 2 unspecified atom stereocenters. The van der Waals surface area contributed by atoms with E-state index in [0.29, 0.717) is 0 Å². The quantitative estimate of drug-likeness (QED) is 0.769. The Kier molecular flexibility index (Phi) is 3.78. The van der Waals surface area contributed by atoms with Crippen LogP contribution in [0.3, 0.4) is 0 Å². The van der Waals surface area contributed by atoms with Gasteiger partial charge in [-0.25, -0.2) is 0 Å². The molecule has 2 atom stereocenters. The number of likely N-dealkylation sites (N-methyl/N-ethyl adjacent to an activating group) is 1. The third-order valence-electron chi connectivity index (χ3n) is 2.85. The van der Waals surface area contributed by atoms with Crippen molar-refractivity contribution in [3.8, 4) is 0 Å². The van der Waals surface area contributed by atoms with Gasteiger partial charge < -0.3 is 10.6 Å². The smallest absolute Gasteiger partial charge is 0.326 e. The van der Waals surface area contributed by atoms with Crippen LogP contribution >= 0.6 is 0 Å².